The molecule has 4 nitrogen and oxygen atoms in total. The number of hydrogen-bond donors (Lipinski definition) is 0. The molecule has 0 radical (unpaired) electrons. The Labute approximate surface area is 303 Å². The summed E-state index contributed by atoms with van der Waals surface area (Å²) < 4.78 is 6.39. The predicted octanol–water partition coefficient (Wildman–Crippen LogP) is 10.9. The number of benzene rings is 7. The highest BCUT2D eigenvalue weighted by atomic mass is 28.3. The van der Waals surface area contributed by atoms with Crippen molar-refractivity contribution in [2.45, 2.75) is 13.1 Å². The first-order valence-corrected chi connectivity index (χ1v) is 20.7. The highest BCUT2D eigenvalue weighted by Gasteiger charge is 2.38. The van der Waals surface area contributed by atoms with Crippen molar-refractivity contribution in [1.82, 2.24) is 15.0 Å². The van der Waals surface area contributed by atoms with Gasteiger partial charge in [-0.3, -0.25) is 0 Å². The molecule has 0 atom stereocenters. The summed E-state index contributed by atoms with van der Waals surface area (Å²) in [6.45, 7) is 4.92. The van der Waals surface area contributed by atoms with Crippen LogP contribution in [0, 0.1) is 0 Å². The minimum absolute atomic E-state index is 0.615. The van der Waals surface area contributed by atoms with E-state index < -0.39 is 8.07 Å². The molecular weight excluding hydrogens is 651 g/mol. The normalized spacial score (nSPS) is 13.0. The molecular formula is C47H33N3OSi. The van der Waals surface area contributed by atoms with Crippen molar-refractivity contribution in [3.8, 4) is 67.5 Å². The summed E-state index contributed by atoms with van der Waals surface area (Å²) >= 11 is 0. The number of aromatic nitrogens is 3. The van der Waals surface area contributed by atoms with Crippen molar-refractivity contribution in [3.63, 3.8) is 0 Å². The van der Waals surface area contributed by atoms with Gasteiger partial charge < -0.3 is 4.42 Å². The van der Waals surface area contributed by atoms with E-state index in [4.69, 9.17) is 19.4 Å². The maximum Gasteiger partial charge on any atom is 0.164 e. The van der Waals surface area contributed by atoms with Gasteiger partial charge in [-0.25, -0.2) is 15.0 Å². The van der Waals surface area contributed by atoms with Crippen LogP contribution in [0.4, 0.5) is 0 Å². The zero-order chi connectivity index (χ0) is 34.8. The van der Waals surface area contributed by atoms with Crippen LogP contribution in [0.1, 0.15) is 0 Å². The highest BCUT2D eigenvalue weighted by Crippen LogP contribution is 2.41. The SMILES string of the molecule is C[Si]1(C)c2ccccc2-c2cc(-c3nc(-c4ccccc4)nc(-c4cc5c(cc4-c4ccccc4)oc4ccccc45)n3)c(-c3ccccc3)cc21. The second kappa shape index (κ2) is 11.8. The number of fused-ring (bicyclic) bond motifs is 6. The lowest BCUT2D eigenvalue weighted by molar-refractivity contribution is 0.669. The molecule has 246 valence electrons. The van der Waals surface area contributed by atoms with Gasteiger partial charge in [-0.2, -0.15) is 0 Å². The van der Waals surface area contributed by atoms with Gasteiger partial charge in [0.15, 0.2) is 17.5 Å². The summed E-state index contributed by atoms with van der Waals surface area (Å²) in [5.74, 6) is 1.89. The first-order chi connectivity index (χ1) is 25.5. The third-order valence-corrected chi connectivity index (χ3v) is 14.1. The smallest absolute Gasteiger partial charge is 0.164 e. The standard InChI is InChI=1S/C47H33N3OSi/c1-52(2)43-25-15-13-23-34(43)38-27-40(36(29-44(38)52)31-18-8-4-9-19-31)47-49-45(32-20-10-5-11-21-32)48-46(50-47)39-26-37-33-22-12-14-24-41(33)51-42(37)28-35(39)30-16-6-3-7-17-30/h3-29H,1-2H3. The molecule has 1 aliphatic rings. The molecule has 52 heavy (non-hydrogen) atoms. The fourth-order valence-electron chi connectivity index (χ4n) is 7.94. The van der Waals surface area contributed by atoms with Gasteiger partial charge in [-0.05, 0) is 68.0 Å². The molecule has 10 rings (SSSR count). The Balaban J connectivity index is 1.29. The van der Waals surface area contributed by atoms with E-state index in [-0.39, 0.29) is 0 Å². The molecule has 0 saturated carbocycles. The fraction of sp³-hybridized carbons (Fsp3) is 0.0426. The molecule has 0 amide bonds. The number of nitrogens with zero attached hydrogens (tertiary/aromatic N) is 3. The van der Waals surface area contributed by atoms with Gasteiger partial charge in [-0.15, -0.1) is 0 Å². The summed E-state index contributed by atoms with van der Waals surface area (Å²) in [6, 6.07) is 57.5. The van der Waals surface area contributed by atoms with Crippen LogP contribution in [0.15, 0.2) is 168 Å². The summed E-state index contributed by atoms with van der Waals surface area (Å²) in [6.07, 6.45) is 0. The molecule has 1 aliphatic heterocycles. The number of para-hydroxylation sites is 1. The van der Waals surface area contributed by atoms with Crippen LogP contribution in [0.3, 0.4) is 0 Å². The van der Waals surface area contributed by atoms with Crippen LogP contribution >= 0.6 is 0 Å². The maximum atomic E-state index is 6.39. The molecule has 7 aromatic carbocycles. The summed E-state index contributed by atoms with van der Waals surface area (Å²) in [5.41, 5.74) is 11.5. The lowest BCUT2D eigenvalue weighted by Crippen LogP contribution is -2.49. The van der Waals surface area contributed by atoms with Crippen LogP contribution in [0.25, 0.3) is 89.5 Å². The van der Waals surface area contributed by atoms with Gasteiger partial charge in [0.1, 0.15) is 19.2 Å². The molecule has 0 spiro atoms. The van der Waals surface area contributed by atoms with Crippen molar-refractivity contribution >= 4 is 40.4 Å². The first kappa shape index (κ1) is 30.4. The molecule has 0 bridgehead atoms. The van der Waals surface area contributed by atoms with E-state index in [0.717, 1.165) is 60.9 Å². The minimum Gasteiger partial charge on any atom is -0.456 e. The van der Waals surface area contributed by atoms with Crippen LogP contribution in [0.2, 0.25) is 13.1 Å². The second-order valence-electron chi connectivity index (χ2n) is 14.0. The number of hydrogen-bond acceptors (Lipinski definition) is 4. The Kier molecular flexibility index (Phi) is 6.91. The Bertz CT molecular complexity index is 2810. The van der Waals surface area contributed by atoms with Gasteiger partial charge in [-0.1, -0.05) is 153 Å². The zero-order valence-electron chi connectivity index (χ0n) is 28.8. The Morgan fingerprint density at radius 1 is 0.365 bits per heavy atom. The van der Waals surface area contributed by atoms with Crippen molar-refractivity contribution < 1.29 is 4.42 Å². The van der Waals surface area contributed by atoms with Gasteiger partial charge in [0, 0.05) is 27.5 Å². The molecule has 0 fully saturated rings. The van der Waals surface area contributed by atoms with E-state index >= 15 is 0 Å². The van der Waals surface area contributed by atoms with E-state index in [1.165, 1.54) is 21.5 Å². The first-order valence-electron chi connectivity index (χ1n) is 17.7. The van der Waals surface area contributed by atoms with Crippen molar-refractivity contribution in [2.75, 3.05) is 0 Å². The number of furan rings is 1. The summed E-state index contributed by atoms with van der Waals surface area (Å²) in [4.78, 5) is 15.9. The monoisotopic (exact) mass is 683 g/mol. The molecule has 3 heterocycles. The van der Waals surface area contributed by atoms with Crippen LogP contribution in [-0.4, -0.2) is 23.0 Å². The third kappa shape index (κ3) is 4.85. The van der Waals surface area contributed by atoms with Crippen LogP contribution < -0.4 is 10.4 Å². The minimum atomic E-state index is -1.95. The maximum absolute atomic E-state index is 6.39. The average Bonchev–Trinajstić information content (AvgIpc) is 3.68. The third-order valence-electron chi connectivity index (χ3n) is 10.6. The van der Waals surface area contributed by atoms with E-state index in [1.54, 1.807) is 0 Å². The average molecular weight is 684 g/mol. The lowest BCUT2D eigenvalue weighted by atomic mass is 9.94. The van der Waals surface area contributed by atoms with Gasteiger partial charge in [0.2, 0.25) is 0 Å². The molecule has 9 aromatic rings. The topological polar surface area (TPSA) is 51.8 Å². The number of rotatable bonds is 5. The molecule has 0 aliphatic carbocycles. The molecule has 0 saturated heterocycles. The molecule has 5 heteroatoms. The molecule has 0 N–H and O–H groups in total. The predicted molar refractivity (Wildman–Crippen MR) is 216 cm³/mol. The fourth-order valence-corrected chi connectivity index (χ4v) is 11.0. The van der Waals surface area contributed by atoms with E-state index in [1.807, 2.05) is 36.4 Å². The van der Waals surface area contributed by atoms with Gasteiger partial charge >= 0.3 is 0 Å². The van der Waals surface area contributed by atoms with Crippen molar-refractivity contribution in [2.24, 2.45) is 0 Å². The molecule has 2 aromatic heterocycles. The Morgan fingerprint density at radius 2 is 0.904 bits per heavy atom. The lowest BCUT2D eigenvalue weighted by Gasteiger charge is -2.21. The van der Waals surface area contributed by atoms with E-state index in [9.17, 15) is 0 Å². The van der Waals surface area contributed by atoms with Crippen molar-refractivity contribution in [3.05, 3.63) is 164 Å². The second-order valence-corrected chi connectivity index (χ2v) is 18.3. The van der Waals surface area contributed by atoms with E-state index in [2.05, 4.69) is 140 Å². The van der Waals surface area contributed by atoms with Gasteiger partial charge in [0.25, 0.3) is 0 Å². The Hall–Kier alpha value is -6.43. The highest BCUT2D eigenvalue weighted by molar-refractivity contribution is 7.03. The van der Waals surface area contributed by atoms with E-state index in [0.29, 0.717) is 17.5 Å². The van der Waals surface area contributed by atoms with Crippen molar-refractivity contribution in [1.29, 1.82) is 0 Å². The van der Waals surface area contributed by atoms with Crippen LogP contribution in [0.5, 0.6) is 0 Å². The zero-order valence-corrected chi connectivity index (χ0v) is 29.8. The summed E-state index contributed by atoms with van der Waals surface area (Å²) in [7, 11) is -1.95. The van der Waals surface area contributed by atoms with Gasteiger partial charge in [0.05, 0.1) is 0 Å². The summed E-state index contributed by atoms with van der Waals surface area (Å²) in [5, 5.41) is 5.00. The largest absolute Gasteiger partial charge is 0.456 e. The molecule has 0 unspecified atom stereocenters. The van der Waals surface area contributed by atoms with Crippen LogP contribution in [-0.2, 0) is 0 Å². The Morgan fingerprint density at radius 3 is 1.60 bits per heavy atom. The quantitative estimate of drug-likeness (QED) is 0.169.